The summed E-state index contributed by atoms with van der Waals surface area (Å²) in [7, 11) is 0. The van der Waals surface area contributed by atoms with E-state index in [1.807, 2.05) is 56.3 Å². The van der Waals surface area contributed by atoms with Gasteiger partial charge in [0, 0.05) is 6.20 Å². The average molecular weight is 451 g/mol. The van der Waals surface area contributed by atoms with Crippen LogP contribution in [-0.4, -0.2) is 20.8 Å². The second kappa shape index (κ2) is 9.28. The minimum atomic E-state index is -0.465. The zero-order valence-electron chi connectivity index (χ0n) is 18.1. The van der Waals surface area contributed by atoms with Crippen molar-refractivity contribution in [1.82, 2.24) is 14.9 Å². The van der Waals surface area contributed by atoms with Gasteiger partial charge in [0.15, 0.2) is 11.5 Å². The first-order valence-electron chi connectivity index (χ1n) is 10.1. The Labute approximate surface area is 190 Å². The van der Waals surface area contributed by atoms with Crippen molar-refractivity contribution >= 4 is 23.3 Å². The summed E-state index contributed by atoms with van der Waals surface area (Å²) >= 11 is 6.31. The van der Waals surface area contributed by atoms with E-state index in [9.17, 15) is 4.79 Å². The summed E-state index contributed by atoms with van der Waals surface area (Å²) < 4.78 is 12.8. The number of hydrogen-bond acceptors (Lipinski definition) is 5. The van der Waals surface area contributed by atoms with Gasteiger partial charge in [-0.1, -0.05) is 64.8 Å². The number of rotatable bonds is 7. The van der Waals surface area contributed by atoms with Gasteiger partial charge in [0.25, 0.3) is 5.91 Å². The first kappa shape index (κ1) is 21.6. The van der Waals surface area contributed by atoms with Crippen LogP contribution in [-0.2, 0) is 13.2 Å². The SMILES string of the molecule is Cc1cccc(Cn2cc(Cl)c(NC(=O)c3noc(C)c3COc3ccccc3C)n2)c1. The first-order valence-corrected chi connectivity index (χ1v) is 10.5. The van der Waals surface area contributed by atoms with Crippen LogP contribution in [0, 0.1) is 20.8 Å². The lowest BCUT2D eigenvalue weighted by atomic mass is 10.1. The fraction of sp³-hybridized carbons (Fsp3) is 0.208. The van der Waals surface area contributed by atoms with E-state index in [-0.39, 0.29) is 18.1 Å². The van der Waals surface area contributed by atoms with E-state index in [2.05, 4.69) is 21.6 Å². The molecule has 0 saturated heterocycles. The number of aromatic nitrogens is 3. The van der Waals surface area contributed by atoms with Crippen molar-refractivity contribution < 1.29 is 14.1 Å². The summed E-state index contributed by atoms with van der Waals surface area (Å²) in [5, 5.41) is 11.4. The van der Waals surface area contributed by atoms with Gasteiger partial charge in [-0.2, -0.15) is 5.10 Å². The Kier molecular flexibility index (Phi) is 6.28. The number of carbonyl (C=O) groups is 1. The molecule has 2 aromatic carbocycles. The quantitative estimate of drug-likeness (QED) is 0.411. The highest BCUT2D eigenvalue weighted by atomic mass is 35.5. The maximum absolute atomic E-state index is 12.9. The summed E-state index contributed by atoms with van der Waals surface area (Å²) in [6, 6.07) is 15.8. The maximum atomic E-state index is 12.9. The molecule has 4 rings (SSSR count). The van der Waals surface area contributed by atoms with Crippen LogP contribution in [0.2, 0.25) is 5.02 Å². The zero-order valence-corrected chi connectivity index (χ0v) is 18.8. The molecule has 0 aliphatic heterocycles. The topological polar surface area (TPSA) is 82.2 Å². The Morgan fingerprint density at radius 1 is 1.16 bits per heavy atom. The number of halogens is 1. The molecule has 2 heterocycles. The van der Waals surface area contributed by atoms with Crippen LogP contribution in [0.4, 0.5) is 5.82 Å². The van der Waals surface area contributed by atoms with Crippen LogP contribution in [0.25, 0.3) is 0 Å². The number of amides is 1. The molecule has 8 heteroatoms. The van der Waals surface area contributed by atoms with Gasteiger partial charge >= 0.3 is 0 Å². The third-order valence-electron chi connectivity index (χ3n) is 5.04. The highest BCUT2D eigenvalue weighted by molar-refractivity contribution is 6.33. The fourth-order valence-electron chi connectivity index (χ4n) is 3.33. The Morgan fingerprint density at radius 3 is 2.75 bits per heavy atom. The van der Waals surface area contributed by atoms with Gasteiger partial charge in [-0.15, -0.1) is 0 Å². The molecule has 1 amide bonds. The zero-order chi connectivity index (χ0) is 22.7. The number of hydrogen-bond donors (Lipinski definition) is 1. The van der Waals surface area contributed by atoms with Crippen molar-refractivity contribution in [3.8, 4) is 5.75 Å². The fourth-order valence-corrected chi connectivity index (χ4v) is 3.53. The van der Waals surface area contributed by atoms with E-state index in [1.54, 1.807) is 17.8 Å². The van der Waals surface area contributed by atoms with Crippen LogP contribution in [0.5, 0.6) is 5.75 Å². The van der Waals surface area contributed by atoms with E-state index in [0.717, 1.165) is 22.4 Å². The molecule has 0 aliphatic rings. The standard InChI is InChI=1S/C24H23ClN4O3/c1-15-7-6-9-18(11-15)12-29-13-20(25)23(27-29)26-24(30)22-19(17(3)32-28-22)14-31-21-10-5-4-8-16(21)2/h4-11,13H,12,14H2,1-3H3,(H,26,27,30). The van der Waals surface area contributed by atoms with E-state index in [4.69, 9.17) is 20.9 Å². The largest absolute Gasteiger partial charge is 0.488 e. The lowest BCUT2D eigenvalue weighted by molar-refractivity contribution is 0.101. The van der Waals surface area contributed by atoms with Crippen molar-refractivity contribution in [2.45, 2.75) is 33.9 Å². The van der Waals surface area contributed by atoms with Crippen molar-refractivity contribution in [1.29, 1.82) is 0 Å². The van der Waals surface area contributed by atoms with Gasteiger partial charge in [-0.3, -0.25) is 9.48 Å². The maximum Gasteiger partial charge on any atom is 0.279 e. The van der Waals surface area contributed by atoms with E-state index in [0.29, 0.717) is 22.9 Å². The average Bonchev–Trinajstić information content (AvgIpc) is 3.29. The van der Waals surface area contributed by atoms with E-state index < -0.39 is 5.91 Å². The Morgan fingerprint density at radius 2 is 1.97 bits per heavy atom. The van der Waals surface area contributed by atoms with Crippen molar-refractivity contribution in [2.24, 2.45) is 0 Å². The molecule has 1 N–H and O–H groups in total. The number of carbonyl (C=O) groups excluding carboxylic acids is 1. The van der Waals surface area contributed by atoms with Crippen LogP contribution in [0.1, 0.15) is 38.5 Å². The van der Waals surface area contributed by atoms with Gasteiger partial charge < -0.3 is 14.6 Å². The summed E-state index contributed by atoms with van der Waals surface area (Å²) in [5.41, 5.74) is 3.96. The molecule has 0 aliphatic carbocycles. The van der Waals surface area contributed by atoms with Crippen LogP contribution >= 0.6 is 11.6 Å². The molecule has 2 aromatic heterocycles. The predicted octanol–water partition coefficient (Wildman–Crippen LogP) is 5.33. The number of aryl methyl sites for hydroxylation is 3. The molecule has 4 aromatic rings. The lowest BCUT2D eigenvalue weighted by Crippen LogP contribution is -2.16. The van der Waals surface area contributed by atoms with Gasteiger partial charge in [0.1, 0.15) is 23.1 Å². The smallest absolute Gasteiger partial charge is 0.279 e. The molecular weight excluding hydrogens is 428 g/mol. The Hall–Kier alpha value is -3.58. The third kappa shape index (κ3) is 4.84. The highest BCUT2D eigenvalue weighted by Gasteiger charge is 2.22. The number of anilines is 1. The summed E-state index contributed by atoms with van der Waals surface area (Å²) in [4.78, 5) is 12.9. The number of benzene rings is 2. The van der Waals surface area contributed by atoms with Crippen LogP contribution in [0.3, 0.4) is 0 Å². The van der Waals surface area contributed by atoms with Crippen molar-refractivity contribution in [2.75, 3.05) is 5.32 Å². The normalized spacial score (nSPS) is 10.9. The van der Waals surface area contributed by atoms with Gasteiger partial charge in [-0.05, 0) is 38.0 Å². The predicted molar refractivity (Wildman–Crippen MR) is 122 cm³/mol. The van der Waals surface area contributed by atoms with Gasteiger partial charge in [-0.25, -0.2) is 0 Å². The van der Waals surface area contributed by atoms with Crippen LogP contribution < -0.4 is 10.1 Å². The first-order chi connectivity index (χ1) is 15.4. The van der Waals surface area contributed by atoms with Gasteiger partial charge in [0.05, 0.1) is 12.1 Å². The summed E-state index contributed by atoms with van der Waals surface area (Å²) in [5.74, 6) is 1.04. The Balaban J connectivity index is 1.48. The molecule has 0 spiro atoms. The second-order valence-corrected chi connectivity index (χ2v) is 7.99. The molecule has 0 fully saturated rings. The molecule has 0 radical (unpaired) electrons. The number of nitrogens with zero attached hydrogens (tertiary/aromatic N) is 3. The lowest BCUT2D eigenvalue weighted by Gasteiger charge is -2.09. The van der Waals surface area contributed by atoms with E-state index >= 15 is 0 Å². The molecule has 32 heavy (non-hydrogen) atoms. The summed E-state index contributed by atoms with van der Waals surface area (Å²) in [6.45, 7) is 6.42. The van der Waals surface area contributed by atoms with Crippen molar-refractivity contribution in [3.05, 3.63) is 93.5 Å². The van der Waals surface area contributed by atoms with Crippen LogP contribution in [0.15, 0.2) is 59.3 Å². The number of nitrogens with one attached hydrogen (secondary N) is 1. The molecular formula is C24H23ClN4O3. The van der Waals surface area contributed by atoms with E-state index in [1.165, 1.54) is 0 Å². The highest BCUT2D eigenvalue weighted by Crippen LogP contribution is 2.24. The molecule has 164 valence electrons. The monoisotopic (exact) mass is 450 g/mol. The third-order valence-corrected chi connectivity index (χ3v) is 5.32. The van der Waals surface area contributed by atoms with Crippen molar-refractivity contribution in [3.63, 3.8) is 0 Å². The van der Waals surface area contributed by atoms with Gasteiger partial charge in [0.2, 0.25) is 0 Å². The molecule has 0 bridgehead atoms. The molecule has 0 saturated carbocycles. The number of para-hydroxylation sites is 1. The summed E-state index contributed by atoms with van der Waals surface area (Å²) in [6.07, 6.45) is 1.68. The Bertz CT molecular complexity index is 1260. The number of ether oxygens (including phenoxy) is 1. The minimum Gasteiger partial charge on any atom is -0.488 e. The minimum absolute atomic E-state index is 0.139. The molecule has 0 atom stereocenters. The second-order valence-electron chi connectivity index (χ2n) is 7.59. The molecule has 0 unspecified atom stereocenters. The molecule has 7 nitrogen and oxygen atoms in total.